The van der Waals surface area contributed by atoms with Crippen molar-refractivity contribution < 1.29 is 37.8 Å². The number of nitrogens with zero attached hydrogens (tertiary/aromatic N) is 3. The Morgan fingerprint density at radius 2 is 1.74 bits per heavy atom. The molecule has 5 N–H and O–H groups in total. The van der Waals surface area contributed by atoms with Crippen molar-refractivity contribution >= 4 is 67.9 Å². The molecule has 0 bridgehead atoms. The van der Waals surface area contributed by atoms with E-state index in [1.165, 1.54) is 43.2 Å². The number of aromatic nitrogens is 1. The molecule has 1 unspecified atom stereocenters. The van der Waals surface area contributed by atoms with Gasteiger partial charge in [-0.3, -0.25) is 38.8 Å². The normalized spacial score (nSPS) is 14.1. The SMILES string of the molecule is COc1cc2sc3c(c2cc1OC)C(=O)N(CCC(=O)OCc1cc(C#Cc2cccc4cc(C(C)NC(=O)/C(C(=N)N)=C5/N=CC=CN5)n(-c5ccccc5)c(=O)c24)ccc1F)C3=O. The van der Waals surface area contributed by atoms with Gasteiger partial charge >= 0.3 is 5.97 Å². The fraction of sp³-hybridized carbons (Fsp3) is 0.146. The first-order chi connectivity index (χ1) is 31.4. The second-order valence-corrected chi connectivity index (χ2v) is 15.7. The highest BCUT2D eigenvalue weighted by Gasteiger charge is 2.39. The van der Waals surface area contributed by atoms with Crippen molar-refractivity contribution in [1.82, 2.24) is 20.1 Å². The maximum absolute atomic E-state index is 15.0. The van der Waals surface area contributed by atoms with E-state index in [1.807, 2.05) is 6.07 Å². The van der Waals surface area contributed by atoms with Crippen LogP contribution in [0, 0.1) is 23.1 Å². The molecule has 0 saturated carbocycles. The lowest BCUT2D eigenvalue weighted by Crippen LogP contribution is -2.37. The number of esters is 1. The molecule has 2 aromatic heterocycles. The lowest BCUT2D eigenvalue weighted by atomic mass is 10.0. The van der Waals surface area contributed by atoms with Crippen LogP contribution in [0.2, 0.25) is 0 Å². The van der Waals surface area contributed by atoms with Crippen LogP contribution >= 0.6 is 11.3 Å². The van der Waals surface area contributed by atoms with Gasteiger partial charge in [-0.2, -0.15) is 0 Å². The van der Waals surface area contributed by atoms with Crippen molar-refractivity contribution in [3.8, 4) is 29.0 Å². The van der Waals surface area contributed by atoms with Crippen LogP contribution in [-0.4, -0.2) is 66.0 Å². The summed E-state index contributed by atoms with van der Waals surface area (Å²) in [5.41, 5.74) is 7.18. The molecule has 0 spiro atoms. The number of methoxy groups -OCH3 is 2. The molecule has 3 amide bonds. The summed E-state index contributed by atoms with van der Waals surface area (Å²) in [5, 5.41) is 15.1. The van der Waals surface area contributed by atoms with Gasteiger partial charge in [0, 0.05) is 63.2 Å². The number of carbonyl (C=O) groups excluding carboxylic acids is 4. The highest BCUT2D eigenvalue weighted by Crippen LogP contribution is 2.42. The van der Waals surface area contributed by atoms with Gasteiger partial charge in [0.2, 0.25) is 0 Å². The number of aliphatic imine (C=N–C) groups is 1. The number of nitrogens with one attached hydrogen (secondary N) is 3. The molecule has 0 radical (unpaired) electrons. The number of hydrogen-bond donors (Lipinski definition) is 4. The zero-order chi connectivity index (χ0) is 45.9. The number of allylic oxidation sites excluding steroid dienone is 1. The number of benzene rings is 4. The number of imide groups is 1. The van der Waals surface area contributed by atoms with Gasteiger partial charge in [0.05, 0.1) is 37.6 Å². The summed E-state index contributed by atoms with van der Waals surface area (Å²) < 4.78 is 33.3. The Balaban J connectivity index is 0.997. The molecule has 4 aromatic carbocycles. The molecule has 15 nitrogen and oxygen atoms in total. The largest absolute Gasteiger partial charge is 0.493 e. The summed E-state index contributed by atoms with van der Waals surface area (Å²) in [6.07, 6.45) is 4.32. The van der Waals surface area contributed by atoms with E-state index in [4.69, 9.17) is 25.4 Å². The van der Waals surface area contributed by atoms with Gasteiger partial charge < -0.3 is 30.6 Å². The van der Waals surface area contributed by atoms with Crippen LogP contribution in [0.25, 0.3) is 26.5 Å². The van der Waals surface area contributed by atoms with Gasteiger partial charge in [-0.15, -0.1) is 11.3 Å². The second-order valence-electron chi connectivity index (χ2n) is 14.7. The molecule has 2 aliphatic heterocycles. The predicted octanol–water partition coefficient (Wildman–Crippen LogP) is 6.00. The molecule has 6 aromatic rings. The number of thiophene rings is 1. The lowest BCUT2D eigenvalue weighted by molar-refractivity contribution is -0.145. The standard InChI is InChI=1S/C48H38FN7O8S/c1-26(54-45(58)41(43(50)51)44-52-18-8-19-53-44)34-22-29-10-7-9-28(39(29)47(60)56(34)31-11-5-4-6-12-31)15-13-27-14-16-33(49)30(21-27)25-64-38(57)17-20-55-46(59)40-32-23-35(62-2)36(63-3)24-37(32)65-42(40)48(55)61/h4-12,14,16,18-19,21-24,26,52H,17,20,25H2,1-3H3,(H3,50,51)(H,54,58)/b44-41+. The monoisotopic (exact) mass is 891 g/mol. The fourth-order valence-corrected chi connectivity index (χ4v) is 8.64. The molecule has 8 rings (SSSR count). The first-order valence-electron chi connectivity index (χ1n) is 20.0. The van der Waals surface area contributed by atoms with E-state index < -0.39 is 53.6 Å². The Kier molecular flexibility index (Phi) is 12.1. The van der Waals surface area contributed by atoms with E-state index in [-0.39, 0.29) is 40.4 Å². The molecule has 326 valence electrons. The summed E-state index contributed by atoms with van der Waals surface area (Å²) in [4.78, 5) is 73.0. The number of amides is 3. The van der Waals surface area contributed by atoms with Gasteiger partial charge in [-0.1, -0.05) is 42.2 Å². The zero-order valence-electron chi connectivity index (χ0n) is 35.0. The van der Waals surface area contributed by atoms with Crippen molar-refractivity contribution in [2.24, 2.45) is 10.7 Å². The maximum atomic E-state index is 15.0. The van der Waals surface area contributed by atoms with E-state index in [9.17, 15) is 24.0 Å². The van der Waals surface area contributed by atoms with Gasteiger partial charge in [0.15, 0.2) is 11.5 Å². The minimum absolute atomic E-state index is 0.0349. The van der Waals surface area contributed by atoms with Gasteiger partial charge in [0.25, 0.3) is 23.3 Å². The number of rotatable bonds is 12. The number of hydrogen-bond acceptors (Lipinski definition) is 12. The highest BCUT2D eigenvalue weighted by atomic mass is 32.1. The summed E-state index contributed by atoms with van der Waals surface area (Å²) in [6.45, 7) is 1.02. The summed E-state index contributed by atoms with van der Waals surface area (Å²) in [5.74, 6) is 3.37. The first-order valence-corrected chi connectivity index (χ1v) is 20.8. The number of nitrogens with two attached hydrogens (primary N) is 1. The van der Waals surface area contributed by atoms with Gasteiger partial charge in [-0.25, -0.2) is 9.38 Å². The first kappa shape index (κ1) is 43.3. The number of halogens is 1. The molecule has 2 aliphatic rings. The minimum atomic E-state index is -0.768. The third-order valence-electron chi connectivity index (χ3n) is 10.6. The molecule has 0 aliphatic carbocycles. The maximum Gasteiger partial charge on any atom is 0.307 e. The van der Waals surface area contributed by atoms with Crippen molar-refractivity contribution in [3.05, 3.63) is 158 Å². The summed E-state index contributed by atoms with van der Waals surface area (Å²) in [7, 11) is 2.96. The Morgan fingerprint density at radius 1 is 0.969 bits per heavy atom. The number of para-hydroxylation sites is 1. The quantitative estimate of drug-likeness (QED) is 0.0281. The summed E-state index contributed by atoms with van der Waals surface area (Å²) >= 11 is 1.15. The van der Waals surface area contributed by atoms with E-state index in [2.05, 4.69) is 27.5 Å². The molecular weight excluding hydrogens is 854 g/mol. The van der Waals surface area contributed by atoms with Crippen LogP contribution in [-0.2, 0) is 20.9 Å². The number of ether oxygens (including phenoxy) is 3. The van der Waals surface area contributed by atoms with Crippen LogP contribution in [0.4, 0.5) is 4.39 Å². The Hall–Kier alpha value is -8.36. The van der Waals surface area contributed by atoms with Crippen molar-refractivity contribution in [1.29, 1.82) is 5.41 Å². The van der Waals surface area contributed by atoms with E-state index in [0.29, 0.717) is 54.9 Å². The van der Waals surface area contributed by atoms with Crippen molar-refractivity contribution in [2.75, 3.05) is 20.8 Å². The third-order valence-corrected chi connectivity index (χ3v) is 11.8. The molecule has 0 fully saturated rings. The lowest BCUT2D eigenvalue weighted by Gasteiger charge is -2.22. The van der Waals surface area contributed by atoms with Crippen LogP contribution in [0.3, 0.4) is 0 Å². The van der Waals surface area contributed by atoms with Gasteiger partial charge in [0.1, 0.15) is 34.5 Å². The van der Waals surface area contributed by atoms with Crippen molar-refractivity contribution in [2.45, 2.75) is 26.0 Å². The third kappa shape index (κ3) is 8.45. The van der Waals surface area contributed by atoms with Crippen LogP contribution < -0.4 is 31.4 Å². The Labute approximate surface area is 374 Å². The molecule has 1 atom stereocenters. The molecule has 0 saturated heterocycles. The van der Waals surface area contributed by atoms with E-state index >= 15 is 4.39 Å². The van der Waals surface area contributed by atoms with E-state index in [0.717, 1.165) is 16.2 Å². The van der Waals surface area contributed by atoms with Gasteiger partial charge in [-0.05, 0) is 66.9 Å². The molecule has 65 heavy (non-hydrogen) atoms. The smallest absolute Gasteiger partial charge is 0.307 e. The predicted molar refractivity (Wildman–Crippen MR) is 243 cm³/mol. The zero-order valence-corrected chi connectivity index (χ0v) is 35.8. The van der Waals surface area contributed by atoms with Crippen molar-refractivity contribution in [3.63, 3.8) is 0 Å². The second kappa shape index (κ2) is 18.2. The average molecular weight is 892 g/mol. The number of fused-ring (bicyclic) bond motifs is 4. The number of amidine groups is 1. The summed E-state index contributed by atoms with van der Waals surface area (Å²) in [6, 6.07) is 22.5. The molecule has 4 heterocycles. The van der Waals surface area contributed by atoms with E-state index in [1.54, 1.807) is 79.9 Å². The van der Waals surface area contributed by atoms with Crippen LogP contribution in [0.15, 0.2) is 118 Å². The average Bonchev–Trinajstić information content (AvgIpc) is 3.79. The Bertz CT molecular complexity index is 3220. The minimum Gasteiger partial charge on any atom is -0.493 e. The number of pyridine rings is 1. The Morgan fingerprint density at radius 3 is 2.46 bits per heavy atom. The fourth-order valence-electron chi connectivity index (χ4n) is 7.49. The highest BCUT2D eigenvalue weighted by molar-refractivity contribution is 7.21. The van der Waals surface area contributed by atoms with Crippen LogP contribution in [0.5, 0.6) is 11.5 Å². The molecular formula is C48H38FN7O8S. The number of carbonyl (C=O) groups is 4. The van der Waals surface area contributed by atoms with Crippen LogP contribution in [0.1, 0.15) is 61.8 Å². The molecule has 17 heteroatoms. The topological polar surface area (TPSA) is 208 Å².